The number of anilines is 1. The summed E-state index contributed by atoms with van der Waals surface area (Å²) in [4.78, 5) is 29.7. The molecular weight excluding hydrogens is 326 g/mol. The topological polar surface area (TPSA) is 64.0 Å². The lowest BCUT2D eigenvalue weighted by molar-refractivity contribution is -0.119. The number of aromatic nitrogens is 2. The van der Waals surface area contributed by atoms with Crippen LogP contribution in [-0.2, 0) is 4.79 Å². The van der Waals surface area contributed by atoms with E-state index in [-0.39, 0.29) is 18.1 Å². The van der Waals surface area contributed by atoms with Gasteiger partial charge in [-0.2, -0.15) is 0 Å². The number of Topliss-reactive ketones (excluding diaryl/α,β-unsaturated/α-hetero) is 1. The van der Waals surface area contributed by atoms with E-state index >= 15 is 0 Å². The first kappa shape index (κ1) is 17.6. The zero-order valence-corrected chi connectivity index (χ0v) is 14.8. The largest absolute Gasteiger partial charge is 0.325 e. The Bertz CT molecular complexity index is 902. The van der Waals surface area contributed by atoms with E-state index in [9.17, 15) is 9.59 Å². The van der Waals surface area contributed by atoms with Crippen molar-refractivity contribution < 1.29 is 9.59 Å². The first-order chi connectivity index (χ1) is 12.5. The molecule has 2 aromatic carbocycles. The fraction of sp³-hybridized carbons (Fsp3) is 0.190. The molecule has 26 heavy (non-hydrogen) atoms. The summed E-state index contributed by atoms with van der Waals surface area (Å²) in [6.45, 7) is 3.86. The average Bonchev–Trinajstić information content (AvgIpc) is 3.16. The third-order valence-electron chi connectivity index (χ3n) is 4.30. The molecule has 0 aliphatic rings. The molecule has 1 N–H and O–H groups in total. The molecule has 0 spiro atoms. The van der Waals surface area contributed by atoms with Gasteiger partial charge in [0.25, 0.3) is 0 Å². The first-order valence-corrected chi connectivity index (χ1v) is 8.48. The second kappa shape index (κ2) is 7.78. The van der Waals surface area contributed by atoms with Crippen LogP contribution in [0.2, 0.25) is 0 Å². The van der Waals surface area contributed by atoms with Crippen LogP contribution >= 0.6 is 0 Å². The number of carbonyl (C=O) groups excluding carboxylic acids is 2. The minimum Gasteiger partial charge on any atom is -0.325 e. The lowest BCUT2D eigenvalue weighted by atomic mass is 9.97. The van der Waals surface area contributed by atoms with Gasteiger partial charge in [-0.3, -0.25) is 9.59 Å². The molecule has 1 heterocycles. The zero-order valence-electron chi connectivity index (χ0n) is 14.8. The maximum atomic E-state index is 12.9. The smallest absolute Gasteiger partial charge is 0.247 e. The van der Waals surface area contributed by atoms with Crippen molar-refractivity contribution in [2.45, 2.75) is 26.3 Å². The van der Waals surface area contributed by atoms with Crippen molar-refractivity contribution in [3.05, 3.63) is 83.9 Å². The number of para-hydroxylation sites is 1. The van der Waals surface area contributed by atoms with Gasteiger partial charge in [0.05, 0.1) is 6.33 Å². The lowest BCUT2D eigenvalue weighted by Crippen LogP contribution is -2.27. The molecule has 0 saturated carbocycles. The molecule has 1 aromatic heterocycles. The van der Waals surface area contributed by atoms with E-state index < -0.39 is 6.04 Å². The molecule has 1 amide bonds. The number of hydrogen-bond donors (Lipinski definition) is 1. The number of ketones is 1. The molecule has 132 valence electrons. The van der Waals surface area contributed by atoms with Gasteiger partial charge in [-0.05, 0) is 37.6 Å². The van der Waals surface area contributed by atoms with E-state index in [0.717, 1.165) is 11.1 Å². The Morgan fingerprint density at radius 1 is 1.12 bits per heavy atom. The van der Waals surface area contributed by atoms with Crippen LogP contribution in [0, 0.1) is 13.8 Å². The Labute approximate surface area is 152 Å². The fourth-order valence-electron chi connectivity index (χ4n) is 2.86. The number of carbonyl (C=O) groups is 2. The third kappa shape index (κ3) is 4.06. The van der Waals surface area contributed by atoms with Crippen molar-refractivity contribution in [2.24, 2.45) is 0 Å². The minimum atomic E-state index is -0.662. The van der Waals surface area contributed by atoms with E-state index in [2.05, 4.69) is 10.3 Å². The number of amides is 1. The Morgan fingerprint density at radius 2 is 1.88 bits per heavy atom. The van der Waals surface area contributed by atoms with Gasteiger partial charge in [-0.15, -0.1) is 0 Å². The van der Waals surface area contributed by atoms with Crippen molar-refractivity contribution in [3.8, 4) is 0 Å². The highest BCUT2D eigenvalue weighted by molar-refractivity contribution is 6.02. The summed E-state index contributed by atoms with van der Waals surface area (Å²) >= 11 is 0. The molecule has 0 fully saturated rings. The molecule has 5 nitrogen and oxygen atoms in total. The van der Waals surface area contributed by atoms with Crippen LogP contribution in [0.3, 0.4) is 0 Å². The quantitative estimate of drug-likeness (QED) is 0.687. The van der Waals surface area contributed by atoms with Crippen LogP contribution in [0.1, 0.15) is 33.9 Å². The summed E-state index contributed by atoms with van der Waals surface area (Å²) in [5.41, 5.74) is 3.28. The van der Waals surface area contributed by atoms with Crippen LogP contribution in [-0.4, -0.2) is 21.2 Å². The molecule has 0 aliphatic heterocycles. The van der Waals surface area contributed by atoms with Crippen molar-refractivity contribution in [3.63, 3.8) is 0 Å². The highest BCUT2D eigenvalue weighted by atomic mass is 16.2. The van der Waals surface area contributed by atoms with Crippen molar-refractivity contribution >= 4 is 17.4 Å². The Balaban J connectivity index is 1.84. The number of imidazole rings is 1. The van der Waals surface area contributed by atoms with E-state index in [1.165, 1.54) is 0 Å². The van der Waals surface area contributed by atoms with Crippen molar-refractivity contribution in [1.82, 2.24) is 9.55 Å². The van der Waals surface area contributed by atoms with Crippen molar-refractivity contribution in [1.29, 1.82) is 0 Å². The maximum Gasteiger partial charge on any atom is 0.247 e. The van der Waals surface area contributed by atoms with Crippen LogP contribution in [0.25, 0.3) is 0 Å². The summed E-state index contributed by atoms with van der Waals surface area (Å²) in [7, 11) is 0. The molecular formula is C21H21N3O2. The van der Waals surface area contributed by atoms with Gasteiger partial charge in [0.15, 0.2) is 5.78 Å². The number of benzene rings is 2. The van der Waals surface area contributed by atoms with Gasteiger partial charge < -0.3 is 9.88 Å². The fourth-order valence-corrected chi connectivity index (χ4v) is 2.86. The molecule has 1 atom stereocenters. The predicted molar refractivity (Wildman–Crippen MR) is 101 cm³/mol. The van der Waals surface area contributed by atoms with Crippen LogP contribution in [0.15, 0.2) is 67.3 Å². The summed E-state index contributed by atoms with van der Waals surface area (Å²) in [5.74, 6) is -0.305. The highest BCUT2D eigenvalue weighted by Gasteiger charge is 2.25. The van der Waals surface area contributed by atoms with E-state index in [1.807, 2.05) is 62.4 Å². The number of rotatable bonds is 6. The van der Waals surface area contributed by atoms with E-state index in [0.29, 0.717) is 11.3 Å². The summed E-state index contributed by atoms with van der Waals surface area (Å²) in [5, 5.41) is 2.87. The Hall–Kier alpha value is -3.21. The molecule has 3 rings (SSSR count). The molecule has 0 bridgehead atoms. The van der Waals surface area contributed by atoms with Gasteiger partial charge >= 0.3 is 0 Å². The van der Waals surface area contributed by atoms with Gasteiger partial charge in [0.2, 0.25) is 5.91 Å². The lowest BCUT2D eigenvalue weighted by Gasteiger charge is -2.18. The first-order valence-electron chi connectivity index (χ1n) is 8.48. The second-order valence-electron chi connectivity index (χ2n) is 6.33. The van der Waals surface area contributed by atoms with Gasteiger partial charge in [-0.25, -0.2) is 4.98 Å². The average molecular weight is 347 g/mol. The molecule has 5 heteroatoms. The number of hydrogen-bond acceptors (Lipinski definition) is 3. The molecule has 1 unspecified atom stereocenters. The van der Waals surface area contributed by atoms with Crippen LogP contribution in [0.4, 0.5) is 5.69 Å². The normalized spacial score (nSPS) is 11.8. The van der Waals surface area contributed by atoms with Gasteiger partial charge in [0, 0.05) is 30.1 Å². The van der Waals surface area contributed by atoms with Gasteiger partial charge in [-0.1, -0.05) is 35.9 Å². The van der Waals surface area contributed by atoms with E-state index in [4.69, 9.17) is 0 Å². The van der Waals surface area contributed by atoms with E-state index in [1.54, 1.807) is 23.3 Å². The third-order valence-corrected chi connectivity index (χ3v) is 4.30. The standard InChI is InChI=1S/C21H21N3O2/c1-15-8-9-16(2)18(12-15)20(25)13-19(24-11-10-22-14-24)21(26)23-17-6-4-3-5-7-17/h3-12,14,19H,13H2,1-2H3,(H,23,26). The van der Waals surface area contributed by atoms with Crippen LogP contribution < -0.4 is 5.32 Å². The number of nitrogens with one attached hydrogen (secondary N) is 1. The Morgan fingerprint density at radius 3 is 2.58 bits per heavy atom. The second-order valence-corrected chi connectivity index (χ2v) is 6.33. The molecule has 0 saturated heterocycles. The van der Waals surface area contributed by atoms with Crippen molar-refractivity contribution in [2.75, 3.05) is 5.32 Å². The summed E-state index contributed by atoms with van der Waals surface area (Å²) < 4.78 is 1.67. The number of aryl methyl sites for hydroxylation is 2. The maximum absolute atomic E-state index is 12.9. The minimum absolute atomic E-state index is 0.0619. The molecule has 0 aliphatic carbocycles. The predicted octanol–water partition coefficient (Wildman–Crippen LogP) is 3.95. The number of nitrogens with zero attached hydrogens (tertiary/aromatic N) is 2. The van der Waals surface area contributed by atoms with Crippen LogP contribution in [0.5, 0.6) is 0 Å². The van der Waals surface area contributed by atoms with Gasteiger partial charge in [0.1, 0.15) is 6.04 Å². The summed E-state index contributed by atoms with van der Waals surface area (Å²) in [6.07, 6.45) is 4.93. The zero-order chi connectivity index (χ0) is 18.5. The Kier molecular flexibility index (Phi) is 5.27. The molecule has 0 radical (unpaired) electrons. The monoisotopic (exact) mass is 347 g/mol. The summed E-state index contributed by atoms with van der Waals surface area (Å²) in [6, 6.07) is 14.3. The SMILES string of the molecule is Cc1ccc(C)c(C(=O)CC(C(=O)Nc2ccccc2)n2ccnc2)c1. The highest BCUT2D eigenvalue weighted by Crippen LogP contribution is 2.21. The molecule has 3 aromatic rings.